The van der Waals surface area contributed by atoms with Crippen LogP contribution in [0, 0.1) is 17.0 Å². The van der Waals surface area contributed by atoms with Crippen LogP contribution in [0.2, 0.25) is 0 Å². The smallest absolute Gasteiger partial charge is 0.319 e. The van der Waals surface area contributed by atoms with Gasteiger partial charge in [-0.25, -0.2) is 13.6 Å². The number of amides is 2. The van der Waals surface area contributed by atoms with Crippen molar-refractivity contribution in [1.29, 1.82) is 0 Å². The maximum absolute atomic E-state index is 13.3. The highest BCUT2D eigenvalue weighted by Crippen LogP contribution is 2.21. The molecule has 6 heteroatoms. The molecule has 0 saturated heterocycles. The number of anilines is 1. The lowest BCUT2D eigenvalue weighted by Crippen LogP contribution is -2.37. The van der Waals surface area contributed by atoms with E-state index in [2.05, 4.69) is 10.6 Å². The Hall–Kier alpha value is -1.69. The van der Waals surface area contributed by atoms with E-state index < -0.39 is 17.7 Å². The van der Waals surface area contributed by atoms with Crippen molar-refractivity contribution in [3.8, 4) is 0 Å². The zero-order chi connectivity index (χ0) is 15.2. The van der Waals surface area contributed by atoms with Crippen molar-refractivity contribution in [2.75, 3.05) is 18.5 Å². The van der Waals surface area contributed by atoms with E-state index in [0.717, 1.165) is 12.5 Å². The molecule has 0 bridgehead atoms. The largest absolute Gasteiger partial charge is 0.396 e. The second kappa shape index (κ2) is 7.19. The summed E-state index contributed by atoms with van der Waals surface area (Å²) >= 11 is 0. The highest BCUT2D eigenvalue weighted by molar-refractivity contribution is 5.89. The number of carbonyl (C=O) groups is 1. The molecule has 0 unspecified atom stereocenters. The summed E-state index contributed by atoms with van der Waals surface area (Å²) in [5, 5.41) is 13.7. The van der Waals surface area contributed by atoms with Gasteiger partial charge in [0.2, 0.25) is 0 Å². The Morgan fingerprint density at radius 3 is 2.65 bits per heavy atom. The standard InChI is InChI=1S/C14H20F2N2O2/c1-14(2,6-3-7-19)9-17-13(20)18-12-5-4-10(15)8-11(12)16/h4-5,8,19H,3,6-7,9H2,1-2H3,(H2,17,18,20). The van der Waals surface area contributed by atoms with Gasteiger partial charge in [-0.3, -0.25) is 0 Å². The molecule has 20 heavy (non-hydrogen) atoms. The van der Waals surface area contributed by atoms with Crippen LogP contribution in [0.15, 0.2) is 18.2 Å². The monoisotopic (exact) mass is 286 g/mol. The molecular weight excluding hydrogens is 266 g/mol. The van der Waals surface area contributed by atoms with Crippen LogP contribution < -0.4 is 10.6 Å². The summed E-state index contributed by atoms with van der Waals surface area (Å²) in [6.07, 6.45) is 1.41. The van der Waals surface area contributed by atoms with Crippen LogP contribution in [-0.4, -0.2) is 24.3 Å². The Bertz CT molecular complexity index is 464. The molecule has 4 nitrogen and oxygen atoms in total. The van der Waals surface area contributed by atoms with Crippen LogP contribution in [0.3, 0.4) is 0 Å². The Morgan fingerprint density at radius 2 is 2.05 bits per heavy atom. The first kappa shape index (κ1) is 16.4. The molecule has 0 saturated carbocycles. The number of hydrogen-bond acceptors (Lipinski definition) is 2. The van der Waals surface area contributed by atoms with E-state index in [1.54, 1.807) is 0 Å². The molecule has 0 aromatic heterocycles. The molecule has 112 valence electrons. The highest BCUT2D eigenvalue weighted by Gasteiger charge is 2.18. The van der Waals surface area contributed by atoms with E-state index in [1.807, 2.05) is 13.8 Å². The normalized spacial score (nSPS) is 11.2. The Balaban J connectivity index is 2.47. The van der Waals surface area contributed by atoms with Crippen molar-refractivity contribution >= 4 is 11.7 Å². The quantitative estimate of drug-likeness (QED) is 0.753. The van der Waals surface area contributed by atoms with Crippen LogP contribution in [0.5, 0.6) is 0 Å². The third-order valence-corrected chi connectivity index (χ3v) is 2.92. The minimum absolute atomic E-state index is 0.0722. The molecule has 0 aliphatic carbocycles. The number of hydrogen-bond donors (Lipinski definition) is 3. The molecule has 1 aromatic carbocycles. The summed E-state index contributed by atoms with van der Waals surface area (Å²) in [6.45, 7) is 4.42. The molecule has 1 aromatic rings. The van der Waals surface area contributed by atoms with Gasteiger partial charge in [-0.15, -0.1) is 0 Å². The topological polar surface area (TPSA) is 61.4 Å². The predicted octanol–water partition coefficient (Wildman–Crippen LogP) is 2.89. The summed E-state index contributed by atoms with van der Waals surface area (Å²) < 4.78 is 26.1. The van der Waals surface area contributed by atoms with Gasteiger partial charge >= 0.3 is 6.03 Å². The number of urea groups is 1. The third-order valence-electron chi connectivity index (χ3n) is 2.92. The van der Waals surface area contributed by atoms with Gasteiger partial charge in [0.1, 0.15) is 11.6 Å². The SMILES string of the molecule is CC(C)(CCCO)CNC(=O)Nc1ccc(F)cc1F. The number of carbonyl (C=O) groups excluding carboxylic acids is 1. The Labute approximate surface area is 117 Å². The van der Waals surface area contributed by atoms with Gasteiger partial charge < -0.3 is 15.7 Å². The number of benzene rings is 1. The van der Waals surface area contributed by atoms with Crippen LogP contribution in [-0.2, 0) is 0 Å². The number of nitrogens with one attached hydrogen (secondary N) is 2. The lowest BCUT2D eigenvalue weighted by molar-refractivity contribution is 0.227. The fraction of sp³-hybridized carbons (Fsp3) is 0.500. The minimum Gasteiger partial charge on any atom is -0.396 e. The maximum atomic E-state index is 13.3. The van der Waals surface area contributed by atoms with Crippen molar-refractivity contribution in [3.05, 3.63) is 29.8 Å². The maximum Gasteiger partial charge on any atom is 0.319 e. The second-order valence-electron chi connectivity index (χ2n) is 5.42. The number of aliphatic hydroxyl groups is 1. The highest BCUT2D eigenvalue weighted by atomic mass is 19.1. The molecule has 0 aliphatic heterocycles. The van der Waals surface area contributed by atoms with Crippen molar-refractivity contribution in [3.63, 3.8) is 0 Å². The van der Waals surface area contributed by atoms with Crippen LogP contribution >= 0.6 is 0 Å². The fourth-order valence-electron chi connectivity index (χ4n) is 1.72. The van der Waals surface area contributed by atoms with Gasteiger partial charge in [0.25, 0.3) is 0 Å². The second-order valence-corrected chi connectivity index (χ2v) is 5.42. The third kappa shape index (κ3) is 5.52. The molecule has 3 N–H and O–H groups in total. The Morgan fingerprint density at radius 1 is 1.35 bits per heavy atom. The molecule has 0 spiro atoms. The van der Waals surface area contributed by atoms with Crippen molar-refractivity contribution < 1.29 is 18.7 Å². The van der Waals surface area contributed by atoms with Gasteiger partial charge in [-0.05, 0) is 30.4 Å². The molecule has 0 radical (unpaired) electrons. The zero-order valence-corrected chi connectivity index (χ0v) is 11.7. The summed E-state index contributed by atoms with van der Waals surface area (Å²) in [7, 11) is 0. The molecule has 2 amide bonds. The van der Waals surface area contributed by atoms with E-state index in [1.165, 1.54) is 6.07 Å². The zero-order valence-electron chi connectivity index (χ0n) is 11.7. The molecule has 1 rings (SSSR count). The van der Waals surface area contributed by atoms with Crippen LogP contribution in [0.25, 0.3) is 0 Å². The van der Waals surface area contributed by atoms with Crippen LogP contribution in [0.1, 0.15) is 26.7 Å². The Kier molecular flexibility index (Phi) is 5.88. The van der Waals surface area contributed by atoms with E-state index in [4.69, 9.17) is 5.11 Å². The molecule has 0 fully saturated rings. The predicted molar refractivity (Wildman–Crippen MR) is 73.5 cm³/mol. The number of halogens is 2. The molecule has 0 heterocycles. The number of aliphatic hydroxyl groups excluding tert-OH is 1. The van der Waals surface area contributed by atoms with E-state index in [9.17, 15) is 13.6 Å². The number of rotatable bonds is 6. The lowest BCUT2D eigenvalue weighted by Gasteiger charge is -2.24. The summed E-state index contributed by atoms with van der Waals surface area (Å²) in [5.41, 5.74) is -0.237. The van der Waals surface area contributed by atoms with Gasteiger partial charge in [0.15, 0.2) is 0 Å². The average Bonchev–Trinajstić information content (AvgIpc) is 2.38. The first-order valence-corrected chi connectivity index (χ1v) is 6.45. The molecule has 0 aliphatic rings. The lowest BCUT2D eigenvalue weighted by atomic mass is 9.88. The van der Waals surface area contributed by atoms with Gasteiger partial charge in [-0.2, -0.15) is 0 Å². The van der Waals surface area contributed by atoms with E-state index in [0.29, 0.717) is 19.0 Å². The van der Waals surface area contributed by atoms with Crippen molar-refractivity contribution in [2.45, 2.75) is 26.7 Å². The minimum atomic E-state index is -0.820. The summed E-state index contributed by atoms with van der Waals surface area (Å²) in [5.74, 6) is -1.52. The average molecular weight is 286 g/mol. The summed E-state index contributed by atoms with van der Waals surface area (Å²) in [4.78, 5) is 11.6. The molecular formula is C14H20F2N2O2. The van der Waals surface area contributed by atoms with Gasteiger partial charge in [0, 0.05) is 19.2 Å². The summed E-state index contributed by atoms with van der Waals surface area (Å²) in [6, 6.07) is 2.40. The van der Waals surface area contributed by atoms with Crippen molar-refractivity contribution in [2.24, 2.45) is 5.41 Å². The van der Waals surface area contributed by atoms with Crippen LogP contribution in [0.4, 0.5) is 19.3 Å². The van der Waals surface area contributed by atoms with Crippen molar-refractivity contribution in [1.82, 2.24) is 5.32 Å². The van der Waals surface area contributed by atoms with Gasteiger partial charge in [0.05, 0.1) is 5.69 Å². The van der Waals surface area contributed by atoms with E-state index in [-0.39, 0.29) is 17.7 Å². The first-order chi connectivity index (χ1) is 9.34. The van der Waals surface area contributed by atoms with E-state index >= 15 is 0 Å². The van der Waals surface area contributed by atoms with Gasteiger partial charge in [-0.1, -0.05) is 13.8 Å². The fourth-order valence-corrected chi connectivity index (χ4v) is 1.72. The first-order valence-electron chi connectivity index (χ1n) is 6.45. The molecule has 0 atom stereocenters.